The molecule has 3 nitrogen and oxygen atoms in total. The molecule has 0 N–H and O–H groups in total. The highest BCUT2D eigenvalue weighted by atomic mass is 16.5. The largest absolute Gasteiger partial charge is 0.491 e. The van der Waals surface area contributed by atoms with Crippen molar-refractivity contribution in [2.45, 2.75) is 73.1 Å². The normalized spacial score (nSPS) is 12.4. The van der Waals surface area contributed by atoms with Gasteiger partial charge in [-0.15, -0.1) is 0 Å². The zero-order valence-electron chi connectivity index (χ0n) is 20.8. The van der Waals surface area contributed by atoms with Crippen LogP contribution in [0.25, 0.3) is 11.3 Å². The molecule has 32 heavy (non-hydrogen) atoms. The van der Waals surface area contributed by atoms with Gasteiger partial charge in [0.1, 0.15) is 5.75 Å². The van der Waals surface area contributed by atoms with Crippen LogP contribution < -0.4 is 4.74 Å². The lowest BCUT2D eigenvalue weighted by Gasteiger charge is -2.27. The van der Waals surface area contributed by atoms with Crippen molar-refractivity contribution in [1.29, 1.82) is 0 Å². The van der Waals surface area contributed by atoms with Gasteiger partial charge in [0, 0.05) is 35.5 Å². The van der Waals surface area contributed by atoms with Crippen LogP contribution in [-0.4, -0.2) is 23.0 Å². The highest BCUT2D eigenvalue weighted by Crippen LogP contribution is 2.34. The van der Waals surface area contributed by atoms with Crippen LogP contribution in [0.15, 0.2) is 54.6 Å². The van der Waals surface area contributed by atoms with Crippen molar-refractivity contribution >= 4 is 0 Å². The summed E-state index contributed by atoms with van der Waals surface area (Å²) in [4.78, 5) is 7.47. The average molecular weight is 431 g/mol. The van der Waals surface area contributed by atoms with Crippen molar-refractivity contribution in [2.75, 3.05) is 7.05 Å². The van der Waals surface area contributed by atoms with E-state index in [-0.39, 0.29) is 6.10 Å². The molecular formula is C29H38N2O. The van der Waals surface area contributed by atoms with Crippen molar-refractivity contribution in [1.82, 2.24) is 9.88 Å². The van der Waals surface area contributed by atoms with Crippen molar-refractivity contribution in [2.24, 2.45) is 0 Å². The summed E-state index contributed by atoms with van der Waals surface area (Å²) in [6, 6.07) is 19.7. The molecule has 3 rings (SSSR count). The van der Waals surface area contributed by atoms with Crippen molar-refractivity contribution in [3.05, 3.63) is 82.5 Å². The molecule has 0 amide bonds. The number of aromatic nitrogens is 1. The van der Waals surface area contributed by atoms with Gasteiger partial charge in [-0.1, -0.05) is 62.4 Å². The van der Waals surface area contributed by atoms with Gasteiger partial charge >= 0.3 is 0 Å². The summed E-state index contributed by atoms with van der Waals surface area (Å²) < 4.78 is 6.36. The fourth-order valence-corrected chi connectivity index (χ4v) is 4.29. The molecule has 0 aliphatic heterocycles. The van der Waals surface area contributed by atoms with E-state index in [1.54, 1.807) is 0 Å². The minimum Gasteiger partial charge on any atom is -0.491 e. The lowest BCUT2D eigenvalue weighted by atomic mass is 9.94. The van der Waals surface area contributed by atoms with Crippen molar-refractivity contribution < 1.29 is 4.74 Å². The van der Waals surface area contributed by atoms with Crippen LogP contribution in [-0.2, 0) is 19.4 Å². The van der Waals surface area contributed by atoms with Crippen LogP contribution in [0, 0.1) is 6.92 Å². The lowest BCUT2D eigenvalue weighted by Crippen LogP contribution is -2.23. The van der Waals surface area contributed by atoms with E-state index in [0.29, 0.717) is 6.04 Å². The third kappa shape index (κ3) is 5.39. The first-order valence-electron chi connectivity index (χ1n) is 11.9. The fraction of sp³-hybridized carbons (Fsp3) is 0.414. The maximum absolute atomic E-state index is 6.36. The van der Waals surface area contributed by atoms with E-state index in [1.165, 1.54) is 27.8 Å². The number of rotatable bonds is 9. The molecule has 0 fully saturated rings. The number of nitrogens with zero attached hydrogens (tertiary/aromatic N) is 2. The van der Waals surface area contributed by atoms with E-state index in [1.807, 2.05) is 0 Å². The number of hydrogen-bond donors (Lipinski definition) is 0. The van der Waals surface area contributed by atoms with Crippen molar-refractivity contribution in [3.8, 4) is 17.0 Å². The molecule has 0 spiro atoms. The van der Waals surface area contributed by atoms with Crippen LogP contribution in [0.5, 0.6) is 5.75 Å². The predicted octanol–water partition coefficient (Wildman–Crippen LogP) is 7.16. The van der Waals surface area contributed by atoms with Gasteiger partial charge in [0.05, 0.1) is 11.8 Å². The number of aryl methyl sites for hydroxylation is 3. The third-order valence-electron chi connectivity index (χ3n) is 6.26. The summed E-state index contributed by atoms with van der Waals surface area (Å²) >= 11 is 0. The fourth-order valence-electron chi connectivity index (χ4n) is 4.29. The van der Waals surface area contributed by atoms with E-state index in [4.69, 9.17) is 9.72 Å². The molecule has 0 saturated carbocycles. The Morgan fingerprint density at radius 3 is 2.09 bits per heavy atom. The highest BCUT2D eigenvalue weighted by Gasteiger charge is 2.20. The summed E-state index contributed by atoms with van der Waals surface area (Å²) in [5.41, 5.74) is 8.50. The smallest absolute Gasteiger partial charge is 0.128 e. The van der Waals surface area contributed by atoms with Gasteiger partial charge in [0.2, 0.25) is 0 Å². The monoisotopic (exact) mass is 430 g/mol. The van der Waals surface area contributed by atoms with Crippen LogP contribution in [0.4, 0.5) is 0 Å². The predicted molar refractivity (Wildman–Crippen MR) is 135 cm³/mol. The zero-order chi connectivity index (χ0) is 23.3. The van der Waals surface area contributed by atoms with Crippen LogP contribution in [0.1, 0.15) is 68.6 Å². The minimum atomic E-state index is 0.104. The molecule has 3 heteroatoms. The molecular weight excluding hydrogens is 392 g/mol. The Kier molecular flexibility index (Phi) is 8.09. The van der Waals surface area contributed by atoms with E-state index < -0.39 is 0 Å². The molecule has 1 atom stereocenters. The molecule has 0 aliphatic rings. The van der Waals surface area contributed by atoms with Gasteiger partial charge in [-0.25, -0.2) is 0 Å². The molecule has 1 unspecified atom stereocenters. The Hall–Kier alpha value is -2.65. The SMILES string of the molecule is CCc1cccc(CC)c1-c1cc(OC(C)C)c(CN(C)C(C)c2ccccc2)c(C)n1. The first-order chi connectivity index (χ1) is 15.3. The Balaban J connectivity index is 2.04. The molecule has 3 aromatic rings. The summed E-state index contributed by atoms with van der Waals surface area (Å²) in [5, 5.41) is 0. The molecule has 1 heterocycles. The molecule has 1 aromatic heterocycles. The number of ether oxygens (including phenoxy) is 1. The van der Waals surface area contributed by atoms with Gasteiger partial charge in [-0.3, -0.25) is 9.88 Å². The Morgan fingerprint density at radius 1 is 0.906 bits per heavy atom. The second-order valence-corrected chi connectivity index (χ2v) is 8.90. The van der Waals surface area contributed by atoms with Crippen LogP contribution in [0.3, 0.4) is 0 Å². The Morgan fingerprint density at radius 2 is 1.53 bits per heavy atom. The van der Waals surface area contributed by atoms with E-state index >= 15 is 0 Å². The maximum atomic E-state index is 6.36. The average Bonchev–Trinajstić information content (AvgIpc) is 2.80. The quantitative estimate of drug-likeness (QED) is 0.360. The van der Waals surface area contributed by atoms with E-state index in [0.717, 1.165) is 36.5 Å². The Bertz CT molecular complexity index is 1000. The van der Waals surface area contributed by atoms with Gasteiger partial charge in [0.25, 0.3) is 0 Å². The maximum Gasteiger partial charge on any atom is 0.128 e. The van der Waals surface area contributed by atoms with Crippen molar-refractivity contribution in [3.63, 3.8) is 0 Å². The number of hydrogen-bond acceptors (Lipinski definition) is 3. The molecule has 0 radical (unpaired) electrons. The first-order valence-corrected chi connectivity index (χ1v) is 11.9. The van der Waals surface area contributed by atoms with Gasteiger partial charge in [-0.05, 0) is 64.3 Å². The van der Waals surface area contributed by atoms with Gasteiger partial charge < -0.3 is 4.74 Å². The zero-order valence-corrected chi connectivity index (χ0v) is 20.8. The van der Waals surface area contributed by atoms with Gasteiger partial charge in [-0.2, -0.15) is 0 Å². The van der Waals surface area contributed by atoms with E-state index in [2.05, 4.69) is 108 Å². The summed E-state index contributed by atoms with van der Waals surface area (Å²) in [5.74, 6) is 0.947. The topological polar surface area (TPSA) is 25.4 Å². The third-order valence-corrected chi connectivity index (χ3v) is 6.26. The summed E-state index contributed by atoms with van der Waals surface area (Å²) in [6.45, 7) is 13.8. The molecule has 0 bridgehead atoms. The Labute approximate surface area is 194 Å². The van der Waals surface area contributed by atoms with Gasteiger partial charge in [0.15, 0.2) is 0 Å². The second kappa shape index (κ2) is 10.8. The standard InChI is InChI=1S/C29H38N2O/c1-8-23-16-13-17-24(9-2)29(23)27-18-28(32-20(3)4)26(21(5)30-27)19-31(7)22(6)25-14-11-10-12-15-25/h10-18,20,22H,8-9,19H2,1-7H3. The van der Waals surface area contributed by atoms with E-state index in [9.17, 15) is 0 Å². The summed E-state index contributed by atoms with van der Waals surface area (Å²) in [7, 11) is 2.17. The lowest BCUT2D eigenvalue weighted by molar-refractivity contribution is 0.221. The second-order valence-electron chi connectivity index (χ2n) is 8.90. The molecule has 0 saturated heterocycles. The number of benzene rings is 2. The van der Waals surface area contributed by atoms with Crippen LogP contribution >= 0.6 is 0 Å². The molecule has 170 valence electrons. The minimum absolute atomic E-state index is 0.104. The highest BCUT2D eigenvalue weighted by molar-refractivity contribution is 5.70. The molecule has 0 aliphatic carbocycles. The number of pyridine rings is 1. The molecule has 2 aromatic carbocycles. The first kappa shape index (κ1) is 24.0. The van der Waals surface area contributed by atoms with Crippen LogP contribution in [0.2, 0.25) is 0 Å². The summed E-state index contributed by atoms with van der Waals surface area (Å²) in [6.07, 6.45) is 2.08.